The highest BCUT2D eigenvalue weighted by Crippen LogP contribution is 2.25. The van der Waals surface area contributed by atoms with Gasteiger partial charge in [-0.3, -0.25) is 0 Å². The molecule has 96 valence electrons. The van der Waals surface area contributed by atoms with Crippen molar-refractivity contribution in [3.63, 3.8) is 0 Å². The Hall–Kier alpha value is -1.12. The van der Waals surface area contributed by atoms with Crippen molar-refractivity contribution in [2.75, 3.05) is 7.05 Å². The van der Waals surface area contributed by atoms with Crippen molar-refractivity contribution in [2.45, 2.75) is 33.2 Å². The zero-order chi connectivity index (χ0) is 13.1. The predicted molar refractivity (Wildman–Crippen MR) is 80.5 cm³/mol. The molecule has 1 aromatic heterocycles. The van der Waals surface area contributed by atoms with E-state index in [2.05, 4.69) is 55.0 Å². The zero-order valence-corrected chi connectivity index (χ0v) is 12.4. The molecule has 2 aromatic rings. The third kappa shape index (κ3) is 2.82. The summed E-state index contributed by atoms with van der Waals surface area (Å²) in [4.78, 5) is 0. The molecule has 0 aliphatic carbocycles. The summed E-state index contributed by atoms with van der Waals surface area (Å²) in [5.74, 6) is 0. The number of thiophene rings is 1. The SMILES string of the molecule is CNC(Cc1ccsc1)c1cc(C)c(C)cc1C. The summed E-state index contributed by atoms with van der Waals surface area (Å²) in [7, 11) is 2.05. The first-order valence-electron chi connectivity index (χ1n) is 6.38. The standard InChI is InChI=1S/C16H21NS/c1-11-7-13(3)15(8-12(11)2)16(17-4)9-14-5-6-18-10-14/h5-8,10,16-17H,9H2,1-4H3. The minimum Gasteiger partial charge on any atom is -0.313 e. The summed E-state index contributed by atoms with van der Waals surface area (Å²) in [6, 6.07) is 7.24. The smallest absolute Gasteiger partial charge is 0.0361 e. The molecule has 0 fully saturated rings. The Bertz CT molecular complexity index is 514. The van der Waals surface area contributed by atoms with Gasteiger partial charge in [0.05, 0.1) is 0 Å². The van der Waals surface area contributed by atoms with Gasteiger partial charge < -0.3 is 5.32 Å². The fraction of sp³-hybridized carbons (Fsp3) is 0.375. The molecule has 0 saturated carbocycles. The molecule has 0 bridgehead atoms. The van der Waals surface area contributed by atoms with E-state index in [0.717, 1.165) is 6.42 Å². The van der Waals surface area contributed by atoms with E-state index in [1.165, 1.54) is 27.8 Å². The maximum absolute atomic E-state index is 3.45. The molecule has 2 heteroatoms. The maximum Gasteiger partial charge on any atom is 0.0361 e. The van der Waals surface area contributed by atoms with Crippen molar-refractivity contribution in [2.24, 2.45) is 0 Å². The molecule has 2 rings (SSSR count). The number of aryl methyl sites for hydroxylation is 3. The topological polar surface area (TPSA) is 12.0 Å². The Labute approximate surface area is 114 Å². The van der Waals surface area contributed by atoms with Crippen LogP contribution in [0.15, 0.2) is 29.0 Å². The van der Waals surface area contributed by atoms with E-state index in [4.69, 9.17) is 0 Å². The lowest BCUT2D eigenvalue weighted by Gasteiger charge is -2.20. The molecule has 0 aliphatic rings. The van der Waals surface area contributed by atoms with Crippen molar-refractivity contribution in [1.29, 1.82) is 0 Å². The molecular formula is C16H21NS. The number of rotatable bonds is 4. The Balaban J connectivity index is 2.30. The van der Waals surface area contributed by atoms with Crippen molar-refractivity contribution >= 4 is 11.3 Å². The number of benzene rings is 1. The summed E-state index contributed by atoms with van der Waals surface area (Å²) in [6.07, 6.45) is 1.06. The molecule has 0 aliphatic heterocycles. The Kier molecular flexibility index (Phi) is 4.20. The van der Waals surface area contributed by atoms with Gasteiger partial charge in [-0.1, -0.05) is 12.1 Å². The van der Waals surface area contributed by atoms with Crippen LogP contribution in [-0.4, -0.2) is 7.05 Å². The minimum atomic E-state index is 0.402. The molecule has 1 heterocycles. The molecule has 0 radical (unpaired) electrons. The quantitative estimate of drug-likeness (QED) is 0.868. The van der Waals surface area contributed by atoms with Crippen LogP contribution in [0.4, 0.5) is 0 Å². The fourth-order valence-electron chi connectivity index (χ4n) is 2.37. The van der Waals surface area contributed by atoms with E-state index >= 15 is 0 Å². The van der Waals surface area contributed by atoms with Crippen LogP contribution in [0.1, 0.15) is 33.9 Å². The largest absolute Gasteiger partial charge is 0.313 e. The van der Waals surface area contributed by atoms with Crippen LogP contribution in [0.5, 0.6) is 0 Å². The lowest BCUT2D eigenvalue weighted by Crippen LogP contribution is -2.20. The van der Waals surface area contributed by atoms with Crippen molar-refractivity contribution < 1.29 is 0 Å². The van der Waals surface area contributed by atoms with Crippen LogP contribution >= 0.6 is 11.3 Å². The van der Waals surface area contributed by atoms with Gasteiger partial charge in [-0.25, -0.2) is 0 Å². The van der Waals surface area contributed by atoms with Crippen LogP contribution in [0.25, 0.3) is 0 Å². The third-order valence-electron chi connectivity index (χ3n) is 3.63. The zero-order valence-electron chi connectivity index (χ0n) is 11.6. The molecule has 1 aromatic carbocycles. The summed E-state index contributed by atoms with van der Waals surface area (Å²) < 4.78 is 0. The van der Waals surface area contributed by atoms with Gasteiger partial charge in [-0.05, 0) is 78.9 Å². The number of hydrogen-bond acceptors (Lipinski definition) is 2. The van der Waals surface area contributed by atoms with Crippen LogP contribution in [0, 0.1) is 20.8 Å². The average molecular weight is 259 g/mol. The molecule has 0 spiro atoms. The van der Waals surface area contributed by atoms with Gasteiger partial charge in [-0.15, -0.1) is 0 Å². The average Bonchev–Trinajstić information content (AvgIpc) is 2.84. The molecule has 1 nitrogen and oxygen atoms in total. The van der Waals surface area contributed by atoms with Gasteiger partial charge in [0.1, 0.15) is 0 Å². The molecule has 18 heavy (non-hydrogen) atoms. The third-order valence-corrected chi connectivity index (χ3v) is 4.36. The van der Waals surface area contributed by atoms with Gasteiger partial charge >= 0.3 is 0 Å². The maximum atomic E-state index is 3.45. The molecule has 1 N–H and O–H groups in total. The van der Waals surface area contributed by atoms with Crippen LogP contribution in [0.3, 0.4) is 0 Å². The number of nitrogens with one attached hydrogen (secondary N) is 1. The molecule has 0 amide bonds. The first kappa shape index (κ1) is 13.3. The molecular weight excluding hydrogens is 238 g/mol. The summed E-state index contributed by atoms with van der Waals surface area (Å²) in [5, 5.41) is 7.83. The van der Waals surface area contributed by atoms with Crippen molar-refractivity contribution in [3.05, 3.63) is 56.8 Å². The van der Waals surface area contributed by atoms with Gasteiger partial charge in [0.15, 0.2) is 0 Å². The highest BCUT2D eigenvalue weighted by molar-refractivity contribution is 7.07. The first-order valence-corrected chi connectivity index (χ1v) is 7.32. The first-order chi connectivity index (χ1) is 8.61. The number of likely N-dealkylation sites (N-methyl/N-ethyl adjacent to an activating group) is 1. The monoisotopic (exact) mass is 259 g/mol. The Morgan fingerprint density at radius 3 is 2.44 bits per heavy atom. The van der Waals surface area contributed by atoms with Crippen molar-refractivity contribution in [3.8, 4) is 0 Å². The van der Waals surface area contributed by atoms with Gasteiger partial charge in [0, 0.05) is 6.04 Å². The molecule has 0 saturated heterocycles. The molecule has 1 atom stereocenters. The van der Waals surface area contributed by atoms with Gasteiger partial charge in [0.2, 0.25) is 0 Å². The predicted octanol–water partition coefficient (Wildman–Crippen LogP) is 4.18. The van der Waals surface area contributed by atoms with E-state index in [1.54, 1.807) is 11.3 Å². The second-order valence-electron chi connectivity index (χ2n) is 4.97. The van der Waals surface area contributed by atoms with E-state index < -0.39 is 0 Å². The highest BCUT2D eigenvalue weighted by atomic mass is 32.1. The molecule has 1 unspecified atom stereocenters. The Morgan fingerprint density at radius 2 is 1.83 bits per heavy atom. The number of hydrogen-bond donors (Lipinski definition) is 1. The van der Waals surface area contributed by atoms with E-state index in [9.17, 15) is 0 Å². The van der Waals surface area contributed by atoms with Gasteiger partial charge in [-0.2, -0.15) is 11.3 Å². The van der Waals surface area contributed by atoms with Crippen LogP contribution < -0.4 is 5.32 Å². The second kappa shape index (κ2) is 5.68. The van der Waals surface area contributed by atoms with E-state index in [0.29, 0.717) is 6.04 Å². The summed E-state index contributed by atoms with van der Waals surface area (Å²) >= 11 is 1.77. The Morgan fingerprint density at radius 1 is 1.11 bits per heavy atom. The lowest BCUT2D eigenvalue weighted by molar-refractivity contribution is 0.589. The van der Waals surface area contributed by atoms with Gasteiger partial charge in [0.25, 0.3) is 0 Å². The highest BCUT2D eigenvalue weighted by Gasteiger charge is 2.13. The second-order valence-corrected chi connectivity index (χ2v) is 5.75. The van der Waals surface area contributed by atoms with Crippen LogP contribution in [0.2, 0.25) is 0 Å². The van der Waals surface area contributed by atoms with Crippen LogP contribution in [-0.2, 0) is 6.42 Å². The normalized spacial score (nSPS) is 12.7. The summed E-state index contributed by atoms with van der Waals surface area (Å²) in [5.41, 5.74) is 6.97. The minimum absolute atomic E-state index is 0.402. The lowest BCUT2D eigenvalue weighted by atomic mass is 9.93. The van der Waals surface area contributed by atoms with E-state index in [-0.39, 0.29) is 0 Å². The summed E-state index contributed by atoms with van der Waals surface area (Å²) in [6.45, 7) is 6.58. The fourth-order valence-corrected chi connectivity index (χ4v) is 3.05. The van der Waals surface area contributed by atoms with Crippen molar-refractivity contribution in [1.82, 2.24) is 5.32 Å². The van der Waals surface area contributed by atoms with E-state index in [1.807, 2.05) is 7.05 Å².